The Kier molecular flexibility index (Phi) is 7.14. The van der Waals surface area contributed by atoms with E-state index in [2.05, 4.69) is 20.8 Å². The molecule has 1 saturated carbocycles. The fourth-order valence-electron chi connectivity index (χ4n) is 3.32. The van der Waals surface area contributed by atoms with Gasteiger partial charge in [-0.2, -0.15) is 0 Å². The predicted octanol–water partition coefficient (Wildman–Crippen LogP) is 3.74. The van der Waals surface area contributed by atoms with Gasteiger partial charge in [-0.1, -0.05) is 46.0 Å². The molecule has 0 bridgehead atoms. The molecule has 1 aliphatic rings. The molecular weight excluding hydrogens is 210 g/mol. The average Bonchev–Trinajstić information content (AvgIpc) is 2.38. The maximum absolute atomic E-state index is 6.48. The van der Waals surface area contributed by atoms with E-state index in [1.165, 1.54) is 44.9 Å². The topological polar surface area (TPSA) is 35.2 Å². The van der Waals surface area contributed by atoms with Crippen LogP contribution in [0.25, 0.3) is 0 Å². The van der Waals surface area contributed by atoms with Crippen molar-refractivity contribution in [2.45, 2.75) is 77.9 Å². The van der Waals surface area contributed by atoms with Crippen LogP contribution in [-0.2, 0) is 4.74 Å². The van der Waals surface area contributed by atoms with E-state index in [4.69, 9.17) is 10.5 Å². The molecule has 0 heterocycles. The summed E-state index contributed by atoms with van der Waals surface area (Å²) >= 11 is 0. The van der Waals surface area contributed by atoms with E-state index < -0.39 is 0 Å². The lowest BCUT2D eigenvalue weighted by atomic mass is 9.78. The van der Waals surface area contributed by atoms with E-state index in [0.717, 1.165) is 6.61 Å². The van der Waals surface area contributed by atoms with Crippen LogP contribution < -0.4 is 5.73 Å². The Hall–Kier alpha value is -0.0800. The number of ether oxygens (including phenoxy) is 1. The minimum atomic E-state index is 0.230. The molecule has 2 unspecified atom stereocenters. The monoisotopic (exact) mass is 241 g/mol. The largest absolute Gasteiger partial charge is 0.377 e. The maximum Gasteiger partial charge on any atom is 0.0756 e. The first-order chi connectivity index (χ1) is 8.24. The molecule has 1 aliphatic carbocycles. The van der Waals surface area contributed by atoms with Crippen molar-refractivity contribution < 1.29 is 4.74 Å². The van der Waals surface area contributed by atoms with Crippen LogP contribution >= 0.6 is 0 Å². The molecule has 2 nitrogen and oxygen atoms in total. The molecule has 0 amide bonds. The number of hydrogen-bond acceptors (Lipinski definition) is 2. The Labute approximate surface area is 107 Å². The van der Waals surface area contributed by atoms with Crippen molar-refractivity contribution in [3.05, 3.63) is 0 Å². The van der Waals surface area contributed by atoms with Crippen molar-refractivity contribution in [1.29, 1.82) is 0 Å². The first-order valence-electron chi connectivity index (χ1n) is 7.61. The second-order valence-electron chi connectivity index (χ2n) is 5.47. The van der Waals surface area contributed by atoms with Gasteiger partial charge in [0.25, 0.3) is 0 Å². The minimum Gasteiger partial charge on any atom is -0.377 e. The lowest BCUT2D eigenvalue weighted by Crippen LogP contribution is -2.47. The summed E-state index contributed by atoms with van der Waals surface area (Å²) in [6.45, 7) is 7.39. The van der Waals surface area contributed by atoms with E-state index in [1.54, 1.807) is 0 Å². The van der Waals surface area contributed by atoms with Gasteiger partial charge in [0.1, 0.15) is 0 Å². The summed E-state index contributed by atoms with van der Waals surface area (Å²) in [5, 5.41) is 0. The molecule has 2 heteroatoms. The van der Waals surface area contributed by atoms with Gasteiger partial charge in [-0.3, -0.25) is 0 Å². The van der Waals surface area contributed by atoms with Gasteiger partial charge in [0.2, 0.25) is 0 Å². The van der Waals surface area contributed by atoms with E-state index in [1.807, 2.05) is 0 Å². The van der Waals surface area contributed by atoms with Crippen LogP contribution in [0.2, 0.25) is 0 Å². The first-order valence-corrected chi connectivity index (χ1v) is 7.61. The summed E-state index contributed by atoms with van der Waals surface area (Å²) < 4.78 is 6.00. The minimum absolute atomic E-state index is 0.230. The van der Waals surface area contributed by atoms with Crippen molar-refractivity contribution in [2.24, 2.45) is 17.6 Å². The highest BCUT2D eigenvalue weighted by Crippen LogP contribution is 2.31. The summed E-state index contributed by atoms with van der Waals surface area (Å²) in [6.07, 6.45) is 9.41. The Morgan fingerprint density at radius 3 is 2.12 bits per heavy atom. The van der Waals surface area contributed by atoms with Crippen molar-refractivity contribution in [3.63, 3.8) is 0 Å². The molecule has 0 saturated heterocycles. The number of rotatable bonds is 7. The van der Waals surface area contributed by atoms with Crippen LogP contribution in [0.5, 0.6) is 0 Å². The number of hydrogen-bond donors (Lipinski definition) is 1. The lowest BCUT2D eigenvalue weighted by molar-refractivity contribution is -0.0224. The molecule has 2 atom stereocenters. The SMILES string of the molecule is CCOC(C1CCCCC1)C(N)C(CC)CC. The van der Waals surface area contributed by atoms with Gasteiger partial charge in [-0.05, 0) is 31.6 Å². The van der Waals surface area contributed by atoms with Crippen molar-refractivity contribution in [2.75, 3.05) is 6.61 Å². The fourth-order valence-corrected chi connectivity index (χ4v) is 3.32. The third-order valence-corrected chi connectivity index (χ3v) is 4.45. The molecule has 0 spiro atoms. The van der Waals surface area contributed by atoms with Crippen molar-refractivity contribution in [3.8, 4) is 0 Å². The van der Waals surface area contributed by atoms with Gasteiger partial charge in [-0.15, -0.1) is 0 Å². The molecule has 2 N–H and O–H groups in total. The maximum atomic E-state index is 6.48. The molecule has 0 aliphatic heterocycles. The molecular formula is C15H31NO. The molecule has 0 aromatic carbocycles. The normalized spacial score (nSPS) is 21.7. The smallest absolute Gasteiger partial charge is 0.0756 e. The Balaban J connectivity index is 2.61. The lowest BCUT2D eigenvalue weighted by Gasteiger charge is -2.37. The molecule has 0 aromatic heterocycles. The van der Waals surface area contributed by atoms with Crippen LogP contribution in [0.4, 0.5) is 0 Å². The zero-order valence-electron chi connectivity index (χ0n) is 12.0. The fraction of sp³-hybridized carbons (Fsp3) is 1.00. The van der Waals surface area contributed by atoms with Crippen LogP contribution in [0.15, 0.2) is 0 Å². The zero-order chi connectivity index (χ0) is 12.7. The predicted molar refractivity (Wildman–Crippen MR) is 74.0 cm³/mol. The van der Waals surface area contributed by atoms with Gasteiger partial charge in [0.15, 0.2) is 0 Å². The van der Waals surface area contributed by atoms with Gasteiger partial charge in [0.05, 0.1) is 6.10 Å². The second-order valence-corrected chi connectivity index (χ2v) is 5.47. The van der Waals surface area contributed by atoms with E-state index in [9.17, 15) is 0 Å². The molecule has 102 valence electrons. The summed E-state index contributed by atoms with van der Waals surface area (Å²) in [4.78, 5) is 0. The van der Waals surface area contributed by atoms with E-state index in [0.29, 0.717) is 17.9 Å². The summed E-state index contributed by atoms with van der Waals surface area (Å²) in [6, 6.07) is 0.230. The second kappa shape index (κ2) is 8.10. The first kappa shape index (κ1) is 15.0. The third kappa shape index (κ3) is 4.26. The van der Waals surface area contributed by atoms with Crippen LogP contribution in [0.3, 0.4) is 0 Å². The third-order valence-electron chi connectivity index (χ3n) is 4.45. The van der Waals surface area contributed by atoms with Crippen LogP contribution in [0.1, 0.15) is 65.7 Å². The highest BCUT2D eigenvalue weighted by atomic mass is 16.5. The Morgan fingerprint density at radius 2 is 1.65 bits per heavy atom. The Morgan fingerprint density at radius 1 is 1.06 bits per heavy atom. The highest BCUT2D eigenvalue weighted by molar-refractivity contribution is 4.86. The summed E-state index contributed by atoms with van der Waals surface area (Å²) in [5.41, 5.74) is 6.48. The quantitative estimate of drug-likeness (QED) is 0.737. The van der Waals surface area contributed by atoms with Crippen LogP contribution in [0, 0.1) is 11.8 Å². The van der Waals surface area contributed by atoms with Crippen LogP contribution in [-0.4, -0.2) is 18.8 Å². The summed E-state index contributed by atoms with van der Waals surface area (Å²) in [7, 11) is 0. The van der Waals surface area contributed by atoms with Gasteiger partial charge in [0, 0.05) is 12.6 Å². The molecule has 1 fully saturated rings. The standard InChI is InChI=1S/C15H31NO/c1-4-12(5-2)14(16)15(17-6-3)13-10-8-7-9-11-13/h12-15H,4-11,16H2,1-3H3. The molecule has 1 rings (SSSR count). The van der Waals surface area contributed by atoms with Gasteiger partial charge < -0.3 is 10.5 Å². The molecule has 17 heavy (non-hydrogen) atoms. The molecule has 0 radical (unpaired) electrons. The van der Waals surface area contributed by atoms with E-state index in [-0.39, 0.29) is 6.04 Å². The average molecular weight is 241 g/mol. The Bertz CT molecular complexity index is 185. The summed E-state index contributed by atoms with van der Waals surface area (Å²) in [5.74, 6) is 1.33. The van der Waals surface area contributed by atoms with Crippen molar-refractivity contribution in [1.82, 2.24) is 0 Å². The number of nitrogens with two attached hydrogens (primary N) is 1. The zero-order valence-corrected chi connectivity index (χ0v) is 12.0. The van der Waals surface area contributed by atoms with E-state index >= 15 is 0 Å². The van der Waals surface area contributed by atoms with Crippen molar-refractivity contribution >= 4 is 0 Å². The van der Waals surface area contributed by atoms with Gasteiger partial charge >= 0.3 is 0 Å². The van der Waals surface area contributed by atoms with Gasteiger partial charge in [-0.25, -0.2) is 0 Å². The molecule has 0 aromatic rings. The highest BCUT2D eigenvalue weighted by Gasteiger charge is 2.32.